The van der Waals surface area contributed by atoms with Crippen LogP contribution in [0.25, 0.3) is 0 Å². The normalized spacial score (nSPS) is 21.3. The molecule has 4 aromatic heterocycles. The lowest BCUT2D eigenvalue weighted by molar-refractivity contribution is -0.161. The van der Waals surface area contributed by atoms with Crippen LogP contribution in [0.5, 0.6) is 0 Å². The molecule has 0 aromatic carbocycles. The summed E-state index contributed by atoms with van der Waals surface area (Å²) in [5, 5.41) is 9.33. The standard InChI is InChI=1S/C13H18F2N2O2.C11H15F2N3O.C11H17F2N3.C11H14F2N2O2.C6H8F2O.C3H5ClO2.H3N/c1-3-19-11(18)12(17-8-10(2)16-9-17)4-6-13(14,15)7-5-12;1-8-6-16(7-15-8)10(9(14)17)2-4-11(12,13)5-3-10;1-9-6-16(8-15-9)10(7-14)2-4-11(12,13)5-3-10;1-8-6-15(7-14-8)10(9(16)17)2-4-11(12,13)5-3-10;7-6(8)3-1-5(9)2-4-6;1-2-6-3(4)5;/h8-9H,3-7H2,1-2H3;6-7H,2-5H2,1H3,(H2,14,17);6,8H,2-5,7,14H2,1H3;6-7H,2-5H2,1H3,(H,16,17);1-4H2;2H2,1H3;1H3. The minimum Gasteiger partial charge on any atom is -0.479 e. The van der Waals surface area contributed by atoms with Crippen molar-refractivity contribution in [1.82, 2.24) is 44.4 Å². The van der Waals surface area contributed by atoms with E-state index in [1.807, 2.05) is 17.7 Å². The minimum atomic E-state index is -2.74. The zero-order valence-electron chi connectivity index (χ0n) is 48.8. The summed E-state index contributed by atoms with van der Waals surface area (Å²) in [6.45, 7) is 11.6. The summed E-state index contributed by atoms with van der Waals surface area (Å²) in [6.07, 6.45) is 11.4. The van der Waals surface area contributed by atoms with Crippen molar-refractivity contribution in [3.8, 4) is 0 Å². The topological polar surface area (TPSA) is 282 Å². The summed E-state index contributed by atoms with van der Waals surface area (Å²) in [5.74, 6) is -15.3. The van der Waals surface area contributed by atoms with Gasteiger partial charge in [0.15, 0.2) is 0 Å². The second kappa shape index (κ2) is 30.0. The Hall–Kier alpha value is -6.10. The lowest BCUT2D eigenvalue weighted by atomic mass is 9.79. The first-order valence-electron chi connectivity index (χ1n) is 27.6. The number of primary amides is 1. The maximum atomic E-state index is 13.3. The number of alkyl halides is 10. The number of aliphatic carboxylic acids is 1. The van der Waals surface area contributed by atoms with Gasteiger partial charge in [-0.25, -0.2) is 78.2 Å². The van der Waals surface area contributed by atoms with Crippen molar-refractivity contribution in [2.45, 2.75) is 222 Å². The second-order valence-electron chi connectivity index (χ2n) is 22.1. The lowest BCUT2D eigenvalue weighted by Gasteiger charge is -2.40. The molecule has 4 aromatic rings. The Morgan fingerprint density at radius 3 is 1.07 bits per heavy atom. The number of halogens is 11. The number of imidazole rings is 4. The predicted molar refractivity (Wildman–Crippen MR) is 292 cm³/mol. The Labute approximate surface area is 491 Å². The van der Waals surface area contributed by atoms with Gasteiger partial charge >= 0.3 is 17.4 Å². The molecule has 0 aliphatic heterocycles. The van der Waals surface area contributed by atoms with Crippen LogP contribution in [0, 0.1) is 27.7 Å². The summed E-state index contributed by atoms with van der Waals surface area (Å²) in [4.78, 5) is 71.5. The third kappa shape index (κ3) is 20.2. The Balaban J connectivity index is 0.000000274. The molecule has 480 valence electrons. The van der Waals surface area contributed by atoms with Gasteiger partial charge in [0.1, 0.15) is 22.4 Å². The number of carbonyl (C=O) groups excluding carboxylic acids is 4. The van der Waals surface area contributed by atoms with E-state index < -0.39 is 82.3 Å². The van der Waals surface area contributed by atoms with Crippen LogP contribution in [0.2, 0.25) is 0 Å². The smallest absolute Gasteiger partial charge is 0.403 e. The Kier molecular flexibility index (Phi) is 25.8. The van der Waals surface area contributed by atoms with Crippen molar-refractivity contribution in [3.05, 3.63) is 72.9 Å². The molecule has 0 bridgehead atoms. The van der Waals surface area contributed by atoms with E-state index in [2.05, 4.69) is 24.7 Å². The van der Waals surface area contributed by atoms with Crippen molar-refractivity contribution in [1.29, 1.82) is 0 Å². The van der Waals surface area contributed by atoms with Crippen molar-refractivity contribution >= 4 is 40.7 Å². The van der Waals surface area contributed by atoms with Crippen LogP contribution < -0.4 is 17.6 Å². The number of amides is 1. The van der Waals surface area contributed by atoms with Gasteiger partial charge in [0, 0.05) is 120 Å². The number of ketones is 1. The van der Waals surface area contributed by atoms with E-state index >= 15 is 0 Å². The molecule has 30 heteroatoms. The monoisotopic (exact) mass is 1250 g/mol. The SMILES string of the molecule is CCOC(=O)C1(n2cnc(C)c2)CCC(F)(F)CC1.CCOC(=O)Cl.Cc1cn(C2(C(=O)O)CCC(F)(F)CC2)cn1.Cc1cn(C2(C(N)=O)CCC(F)(F)CC2)cn1.Cc1cn(C2(CN)CCC(F)(F)CC2)cn1.N.O=C1CCC(F)(F)CC1. The van der Waals surface area contributed by atoms with Crippen LogP contribution in [-0.2, 0) is 50.8 Å². The van der Waals surface area contributed by atoms with E-state index in [0.29, 0.717) is 31.7 Å². The molecule has 0 unspecified atom stereocenters. The van der Waals surface area contributed by atoms with E-state index in [1.54, 1.807) is 68.7 Å². The molecule has 0 radical (unpaired) electrons. The third-order valence-electron chi connectivity index (χ3n) is 15.9. The molecule has 8 N–H and O–H groups in total. The highest BCUT2D eigenvalue weighted by atomic mass is 35.5. The molecule has 5 saturated carbocycles. The van der Waals surface area contributed by atoms with Gasteiger partial charge in [-0.1, -0.05) is 0 Å². The van der Waals surface area contributed by atoms with E-state index in [-0.39, 0.29) is 127 Å². The van der Waals surface area contributed by atoms with E-state index in [1.165, 1.54) is 23.5 Å². The number of hydrogen-bond acceptors (Lipinski definition) is 13. The first-order valence-corrected chi connectivity index (χ1v) is 28.0. The zero-order chi connectivity index (χ0) is 63.2. The number of carboxylic acids is 1. The fraction of sp³-hybridized carbons (Fsp3) is 0.691. The number of rotatable bonds is 10. The van der Waals surface area contributed by atoms with Gasteiger partial charge in [0.25, 0.3) is 0 Å². The van der Waals surface area contributed by atoms with Crippen LogP contribution >= 0.6 is 11.6 Å². The number of aromatic nitrogens is 8. The number of aryl methyl sites for hydroxylation is 4. The van der Waals surface area contributed by atoms with Crippen molar-refractivity contribution < 1.29 is 82.5 Å². The van der Waals surface area contributed by atoms with Crippen LogP contribution in [0.3, 0.4) is 0 Å². The van der Waals surface area contributed by atoms with Crippen LogP contribution in [0.1, 0.15) is 165 Å². The first-order chi connectivity index (χ1) is 39.0. The summed E-state index contributed by atoms with van der Waals surface area (Å²) in [6, 6.07) is 0. The summed E-state index contributed by atoms with van der Waals surface area (Å²) < 4.78 is 146. The molecule has 85 heavy (non-hydrogen) atoms. The zero-order valence-corrected chi connectivity index (χ0v) is 49.5. The molecule has 9 rings (SSSR count). The van der Waals surface area contributed by atoms with Crippen LogP contribution in [0.15, 0.2) is 50.1 Å². The summed E-state index contributed by atoms with van der Waals surface area (Å²) in [7, 11) is 0. The second-order valence-corrected chi connectivity index (χ2v) is 22.4. The molecule has 0 spiro atoms. The number of nitrogens with zero attached hydrogens (tertiary/aromatic N) is 8. The number of nitrogens with two attached hydrogens (primary N) is 2. The van der Waals surface area contributed by atoms with Gasteiger partial charge in [-0.15, -0.1) is 0 Å². The Bertz CT molecular complexity index is 2690. The molecule has 0 atom stereocenters. The molecule has 5 fully saturated rings. The fourth-order valence-electron chi connectivity index (χ4n) is 10.4. The largest absolute Gasteiger partial charge is 0.479 e. The number of esters is 1. The number of ether oxygens (including phenoxy) is 2. The number of hydrogen-bond donors (Lipinski definition) is 4. The lowest BCUT2D eigenvalue weighted by Crippen LogP contribution is -2.50. The quantitative estimate of drug-likeness (QED) is 0.0653. The summed E-state index contributed by atoms with van der Waals surface area (Å²) >= 11 is 4.72. The molecule has 4 heterocycles. The molecular formula is C55H80ClF10N11O8. The molecule has 5 aliphatic rings. The van der Waals surface area contributed by atoms with E-state index in [9.17, 15) is 73.0 Å². The Morgan fingerprint density at radius 2 is 0.800 bits per heavy atom. The van der Waals surface area contributed by atoms with E-state index in [0.717, 1.165) is 17.1 Å². The van der Waals surface area contributed by atoms with Crippen molar-refractivity contribution in [2.24, 2.45) is 11.5 Å². The first kappa shape index (κ1) is 73.2. The number of Topliss-reactive ketones (excluding diaryl/α,β-unsaturated/α-hetero) is 1. The van der Waals surface area contributed by atoms with Crippen molar-refractivity contribution in [2.75, 3.05) is 19.8 Å². The number of carbonyl (C=O) groups is 5. The fourth-order valence-corrected chi connectivity index (χ4v) is 10.5. The molecule has 1 amide bonds. The molecule has 0 saturated heterocycles. The van der Waals surface area contributed by atoms with Crippen molar-refractivity contribution in [3.63, 3.8) is 0 Å². The highest BCUT2D eigenvalue weighted by Crippen LogP contribution is 2.46. The number of carboxylic acid groups (broad SMARTS) is 1. The average Bonchev–Trinajstić information content (AvgIpc) is 2.13. The van der Waals surface area contributed by atoms with Crippen LogP contribution in [0.4, 0.5) is 48.7 Å². The van der Waals surface area contributed by atoms with Gasteiger partial charge in [-0.05, 0) is 92.9 Å². The van der Waals surface area contributed by atoms with Gasteiger partial charge in [-0.2, -0.15) is 0 Å². The highest BCUT2D eigenvalue weighted by Gasteiger charge is 2.52. The van der Waals surface area contributed by atoms with Gasteiger partial charge in [0.2, 0.25) is 35.5 Å². The molecule has 19 nitrogen and oxygen atoms in total. The Morgan fingerprint density at radius 1 is 0.506 bits per heavy atom. The maximum Gasteiger partial charge on any atom is 0.403 e. The van der Waals surface area contributed by atoms with Crippen LogP contribution in [-0.4, -0.2) is 122 Å². The van der Waals surface area contributed by atoms with E-state index in [4.69, 9.17) is 27.8 Å². The summed E-state index contributed by atoms with van der Waals surface area (Å²) in [5.41, 5.74) is 9.82. The van der Waals surface area contributed by atoms with Gasteiger partial charge < -0.3 is 50.5 Å². The third-order valence-corrected chi connectivity index (χ3v) is 16.0. The van der Waals surface area contributed by atoms with Gasteiger partial charge in [0.05, 0.1) is 66.8 Å². The molecular weight excluding hydrogens is 1170 g/mol. The average molecular weight is 1250 g/mol. The minimum absolute atomic E-state index is 0. The maximum absolute atomic E-state index is 13.3. The van der Waals surface area contributed by atoms with Gasteiger partial charge in [-0.3, -0.25) is 9.59 Å². The molecule has 5 aliphatic carbocycles. The highest BCUT2D eigenvalue weighted by molar-refractivity contribution is 6.61. The predicted octanol–water partition coefficient (Wildman–Crippen LogP) is 11.8.